The Morgan fingerprint density at radius 3 is 2.13 bits per heavy atom. The first-order valence-electron chi connectivity index (χ1n) is 4.93. The van der Waals surface area contributed by atoms with Crippen molar-refractivity contribution in [2.45, 2.75) is 33.2 Å². The maximum absolute atomic E-state index is 10.5. The Kier molecular flexibility index (Phi) is 5.81. The molecule has 0 heterocycles. The predicted molar refractivity (Wildman–Crippen MR) is 58.5 cm³/mol. The van der Waals surface area contributed by atoms with Crippen LogP contribution in [0.1, 0.15) is 27.2 Å². The predicted octanol–water partition coefficient (Wildman–Crippen LogP) is 2.71. The van der Waals surface area contributed by atoms with Gasteiger partial charge in [-0.15, -0.1) is 0 Å². The summed E-state index contributed by atoms with van der Waals surface area (Å²) in [7, 11) is 0. The molecule has 6 heteroatoms. The first-order chi connectivity index (χ1) is 7.02. The largest absolute Gasteiger partial charge is 0.151 e. The molecule has 0 aromatic rings. The molecular formula is C9H17N3O3. The van der Waals surface area contributed by atoms with Crippen LogP contribution in [0.25, 0.3) is 0 Å². The molecule has 0 saturated heterocycles. The highest BCUT2D eigenvalue weighted by Gasteiger charge is 2.38. The van der Waals surface area contributed by atoms with Crippen LogP contribution in [0.5, 0.6) is 0 Å². The molecule has 0 aromatic heterocycles. The van der Waals surface area contributed by atoms with Crippen molar-refractivity contribution in [3.05, 3.63) is 14.7 Å². The molecule has 6 nitrogen and oxygen atoms in total. The van der Waals surface area contributed by atoms with Gasteiger partial charge in [-0.2, -0.15) is 14.7 Å². The molecule has 0 aliphatic heterocycles. The Balaban J connectivity index is 4.66. The number of rotatable bonds is 8. The summed E-state index contributed by atoms with van der Waals surface area (Å²) in [5.74, 6) is 0.000556. The standard InChI is InChI=1S/C9H17N3O3/c1-7(4-5-10-13)9(3,6-11-14)8(2)12-15/h7-8H,4-6H2,1-3H3. The number of hydrogen-bond acceptors (Lipinski definition) is 6. The molecule has 0 rings (SSSR count). The zero-order chi connectivity index (χ0) is 11.9. The van der Waals surface area contributed by atoms with Crippen LogP contribution in [-0.2, 0) is 0 Å². The molecule has 0 spiro atoms. The van der Waals surface area contributed by atoms with E-state index in [4.69, 9.17) is 0 Å². The monoisotopic (exact) mass is 215 g/mol. The fourth-order valence-corrected chi connectivity index (χ4v) is 1.54. The third kappa shape index (κ3) is 3.45. The Bertz CT molecular complexity index is 235. The summed E-state index contributed by atoms with van der Waals surface area (Å²) in [5, 5.41) is 8.57. The number of nitroso groups, excluding NO2 is 3. The lowest BCUT2D eigenvalue weighted by molar-refractivity contribution is 0.166. The maximum Gasteiger partial charge on any atom is 0.0966 e. The van der Waals surface area contributed by atoms with Crippen molar-refractivity contribution in [2.75, 3.05) is 13.1 Å². The average Bonchev–Trinajstić information content (AvgIpc) is 2.24. The lowest BCUT2D eigenvalue weighted by Gasteiger charge is -2.34. The van der Waals surface area contributed by atoms with Gasteiger partial charge in [-0.25, -0.2) is 0 Å². The van der Waals surface area contributed by atoms with E-state index >= 15 is 0 Å². The Morgan fingerprint density at radius 1 is 1.13 bits per heavy atom. The Morgan fingerprint density at radius 2 is 1.73 bits per heavy atom. The van der Waals surface area contributed by atoms with Gasteiger partial charge in [0.15, 0.2) is 0 Å². The summed E-state index contributed by atoms with van der Waals surface area (Å²) in [5.41, 5.74) is -0.589. The van der Waals surface area contributed by atoms with Gasteiger partial charge in [-0.1, -0.05) is 29.4 Å². The van der Waals surface area contributed by atoms with E-state index in [1.807, 2.05) is 6.92 Å². The van der Waals surface area contributed by atoms with Gasteiger partial charge in [0.1, 0.15) is 0 Å². The normalized spacial score (nSPS) is 18.6. The highest BCUT2D eigenvalue weighted by Crippen LogP contribution is 2.35. The number of nitrogens with zero attached hydrogens (tertiary/aromatic N) is 3. The van der Waals surface area contributed by atoms with E-state index in [0.717, 1.165) is 0 Å². The van der Waals surface area contributed by atoms with Crippen LogP contribution in [0.15, 0.2) is 15.5 Å². The van der Waals surface area contributed by atoms with Crippen LogP contribution in [0.3, 0.4) is 0 Å². The maximum atomic E-state index is 10.5. The fraction of sp³-hybridized carbons (Fsp3) is 1.00. The molecule has 0 fully saturated rings. The molecule has 15 heavy (non-hydrogen) atoms. The van der Waals surface area contributed by atoms with Gasteiger partial charge in [-0.05, 0) is 19.3 Å². The fourth-order valence-electron chi connectivity index (χ4n) is 1.54. The third-order valence-electron chi connectivity index (χ3n) is 3.30. The second-order valence-electron chi connectivity index (χ2n) is 4.12. The van der Waals surface area contributed by atoms with Gasteiger partial charge in [0.05, 0.1) is 19.1 Å². The van der Waals surface area contributed by atoms with Crippen LogP contribution in [0.2, 0.25) is 0 Å². The molecule has 86 valence electrons. The van der Waals surface area contributed by atoms with Gasteiger partial charge < -0.3 is 0 Å². The van der Waals surface area contributed by atoms with Gasteiger partial charge >= 0.3 is 0 Å². The van der Waals surface area contributed by atoms with Crippen LogP contribution in [-0.4, -0.2) is 19.1 Å². The molecular weight excluding hydrogens is 198 g/mol. The molecule has 0 bridgehead atoms. The Hall–Kier alpha value is -1.20. The SMILES string of the molecule is CC(CCN=O)C(C)(CN=O)C(C)N=O. The van der Waals surface area contributed by atoms with Crippen LogP contribution in [0.4, 0.5) is 0 Å². The lowest BCUT2D eigenvalue weighted by atomic mass is 9.71. The van der Waals surface area contributed by atoms with Crippen LogP contribution >= 0.6 is 0 Å². The smallest absolute Gasteiger partial charge is 0.0966 e. The topological polar surface area (TPSA) is 88.3 Å². The number of hydrogen-bond donors (Lipinski definition) is 0. The molecule has 0 N–H and O–H groups in total. The summed E-state index contributed by atoms with van der Waals surface area (Å²) in [6, 6.07) is -0.503. The highest BCUT2D eigenvalue weighted by atomic mass is 16.3. The van der Waals surface area contributed by atoms with Crippen molar-refractivity contribution in [1.29, 1.82) is 0 Å². The molecule has 0 saturated carbocycles. The van der Waals surface area contributed by atoms with E-state index in [2.05, 4.69) is 15.5 Å². The average molecular weight is 215 g/mol. The third-order valence-corrected chi connectivity index (χ3v) is 3.30. The van der Waals surface area contributed by atoms with Crippen molar-refractivity contribution < 1.29 is 0 Å². The van der Waals surface area contributed by atoms with Gasteiger partial charge in [-0.3, -0.25) is 0 Å². The summed E-state index contributed by atoms with van der Waals surface area (Å²) in [6.45, 7) is 5.53. The molecule has 0 aliphatic rings. The van der Waals surface area contributed by atoms with E-state index in [-0.39, 0.29) is 19.0 Å². The first-order valence-corrected chi connectivity index (χ1v) is 4.93. The molecule has 3 atom stereocenters. The second kappa shape index (κ2) is 6.31. The van der Waals surface area contributed by atoms with Crippen LogP contribution in [0, 0.1) is 26.1 Å². The van der Waals surface area contributed by atoms with Crippen molar-refractivity contribution in [1.82, 2.24) is 0 Å². The second-order valence-corrected chi connectivity index (χ2v) is 4.12. The van der Waals surface area contributed by atoms with Crippen molar-refractivity contribution in [2.24, 2.45) is 26.9 Å². The molecule has 3 unspecified atom stereocenters. The van der Waals surface area contributed by atoms with E-state index < -0.39 is 11.5 Å². The van der Waals surface area contributed by atoms with E-state index in [1.54, 1.807) is 13.8 Å². The minimum absolute atomic E-state index is 0.000556. The van der Waals surface area contributed by atoms with E-state index in [0.29, 0.717) is 6.42 Å². The molecule has 0 amide bonds. The minimum Gasteiger partial charge on any atom is -0.151 e. The minimum atomic E-state index is -0.589. The molecule has 0 radical (unpaired) electrons. The summed E-state index contributed by atoms with van der Waals surface area (Å²) < 4.78 is 0. The highest BCUT2D eigenvalue weighted by molar-refractivity contribution is 4.90. The van der Waals surface area contributed by atoms with Gasteiger partial charge in [0.2, 0.25) is 0 Å². The van der Waals surface area contributed by atoms with Gasteiger partial charge in [0, 0.05) is 5.41 Å². The van der Waals surface area contributed by atoms with Crippen molar-refractivity contribution in [3.63, 3.8) is 0 Å². The summed E-state index contributed by atoms with van der Waals surface area (Å²) in [4.78, 5) is 30.9. The van der Waals surface area contributed by atoms with E-state index in [1.165, 1.54) is 0 Å². The first kappa shape index (κ1) is 13.8. The zero-order valence-corrected chi connectivity index (χ0v) is 9.34. The summed E-state index contributed by atoms with van der Waals surface area (Å²) >= 11 is 0. The lowest BCUT2D eigenvalue weighted by Crippen LogP contribution is -2.38. The van der Waals surface area contributed by atoms with Crippen LogP contribution < -0.4 is 0 Å². The zero-order valence-electron chi connectivity index (χ0n) is 9.34. The summed E-state index contributed by atoms with van der Waals surface area (Å²) in [6.07, 6.45) is 0.537. The molecule has 0 aromatic carbocycles. The van der Waals surface area contributed by atoms with Crippen molar-refractivity contribution >= 4 is 0 Å². The van der Waals surface area contributed by atoms with Crippen molar-refractivity contribution in [3.8, 4) is 0 Å². The molecule has 0 aliphatic carbocycles. The van der Waals surface area contributed by atoms with E-state index in [9.17, 15) is 14.7 Å². The quantitative estimate of drug-likeness (QED) is 0.583. The Labute approximate surface area is 88.7 Å². The van der Waals surface area contributed by atoms with Gasteiger partial charge in [0.25, 0.3) is 0 Å².